The predicted octanol–water partition coefficient (Wildman–Crippen LogP) is 3.66. The molecule has 0 aliphatic carbocycles. The van der Waals surface area contributed by atoms with E-state index in [2.05, 4.69) is 10.6 Å². The van der Waals surface area contributed by atoms with E-state index in [4.69, 9.17) is 10.5 Å². The molecule has 9 nitrogen and oxygen atoms in total. The third kappa shape index (κ3) is 10.3. The third-order valence-corrected chi connectivity index (χ3v) is 5.22. The second-order valence-corrected chi connectivity index (χ2v) is 11.3. The van der Waals surface area contributed by atoms with E-state index in [1.807, 2.05) is 59.7 Å². The van der Waals surface area contributed by atoms with Gasteiger partial charge in [0.15, 0.2) is 0 Å². The summed E-state index contributed by atoms with van der Waals surface area (Å²) in [6.45, 7) is 16.7. The molecule has 0 fully saturated rings. The molecule has 0 heterocycles. The van der Waals surface area contributed by atoms with Gasteiger partial charge in [-0.3, -0.25) is 14.4 Å². The summed E-state index contributed by atoms with van der Waals surface area (Å²) in [6.07, 6.45) is 0.108. The van der Waals surface area contributed by atoms with Crippen molar-refractivity contribution in [3.8, 4) is 0 Å². The molecular weight excluding hydrogens is 460 g/mol. The van der Waals surface area contributed by atoms with Gasteiger partial charge >= 0.3 is 6.09 Å². The zero-order chi connectivity index (χ0) is 27.8. The largest absolute Gasteiger partial charge is 0.444 e. The summed E-state index contributed by atoms with van der Waals surface area (Å²) < 4.78 is 5.30. The summed E-state index contributed by atoms with van der Waals surface area (Å²) in [4.78, 5) is 53.4. The Morgan fingerprint density at radius 2 is 1.67 bits per heavy atom. The molecule has 9 heteroatoms. The highest BCUT2D eigenvalue weighted by atomic mass is 16.6. The van der Waals surface area contributed by atoms with Crippen molar-refractivity contribution in [2.45, 2.75) is 105 Å². The average Bonchev–Trinajstić information content (AvgIpc) is 2.69. The van der Waals surface area contributed by atoms with Gasteiger partial charge in [0.1, 0.15) is 17.7 Å². The topological polar surface area (TPSA) is 131 Å². The molecule has 36 heavy (non-hydrogen) atoms. The van der Waals surface area contributed by atoms with Gasteiger partial charge in [-0.1, -0.05) is 37.1 Å². The highest BCUT2D eigenvalue weighted by Crippen LogP contribution is 2.28. The van der Waals surface area contributed by atoms with Crippen LogP contribution in [0.25, 0.3) is 0 Å². The van der Waals surface area contributed by atoms with E-state index < -0.39 is 47.6 Å². The van der Waals surface area contributed by atoms with Gasteiger partial charge in [-0.05, 0) is 72.9 Å². The molecule has 202 valence electrons. The number of ether oxygens (including phenoxy) is 1. The van der Waals surface area contributed by atoms with Crippen LogP contribution in [0.3, 0.4) is 0 Å². The summed E-state index contributed by atoms with van der Waals surface area (Å²) >= 11 is 0. The molecule has 1 aromatic rings. The minimum Gasteiger partial charge on any atom is -0.444 e. The number of nitrogens with zero attached hydrogens (tertiary/aromatic N) is 1. The van der Waals surface area contributed by atoms with Gasteiger partial charge in [-0.25, -0.2) is 4.79 Å². The lowest BCUT2D eigenvalue weighted by Crippen LogP contribution is -2.55. The van der Waals surface area contributed by atoms with Crippen LogP contribution in [-0.2, 0) is 19.1 Å². The molecule has 0 radical (unpaired) electrons. The Labute approximate surface area is 215 Å². The maximum absolute atomic E-state index is 13.9. The zero-order valence-corrected chi connectivity index (χ0v) is 23.3. The number of benzene rings is 1. The Morgan fingerprint density at radius 1 is 1.06 bits per heavy atom. The zero-order valence-electron chi connectivity index (χ0n) is 23.3. The smallest absolute Gasteiger partial charge is 0.408 e. The first kappa shape index (κ1) is 30.9. The van der Waals surface area contributed by atoms with E-state index in [-0.39, 0.29) is 12.5 Å². The number of amides is 4. The second-order valence-electron chi connectivity index (χ2n) is 11.3. The highest BCUT2D eigenvalue weighted by Gasteiger charge is 2.38. The Bertz CT molecular complexity index is 946. The monoisotopic (exact) mass is 504 g/mol. The van der Waals surface area contributed by atoms with E-state index in [0.717, 1.165) is 17.5 Å². The molecule has 2 unspecified atom stereocenters. The van der Waals surface area contributed by atoms with Crippen LogP contribution in [-0.4, -0.2) is 52.4 Å². The quantitative estimate of drug-likeness (QED) is 0.448. The predicted molar refractivity (Wildman–Crippen MR) is 140 cm³/mol. The molecule has 4 N–H and O–H groups in total. The molecule has 0 aliphatic rings. The fraction of sp³-hybridized carbons (Fsp3) is 0.630. The molecule has 4 amide bonds. The molecule has 1 rings (SSSR count). The van der Waals surface area contributed by atoms with Crippen LogP contribution in [0.2, 0.25) is 0 Å². The van der Waals surface area contributed by atoms with Crippen molar-refractivity contribution in [2.24, 2.45) is 5.73 Å². The van der Waals surface area contributed by atoms with Crippen molar-refractivity contribution in [3.05, 3.63) is 34.9 Å². The SMILES string of the molecule is CCCCN(C(=O)C(CC(N)=O)NC(=O)OC(C)(C)C)C(C(=O)NC(C)(C)C)c1cc(C)ccc1C. The van der Waals surface area contributed by atoms with Gasteiger partial charge in [0.2, 0.25) is 17.7 Å². The van der Waals surface area contributed by atoms with Crippen molar-refractivity contribution in [2.75, 3.05) is 6.54 Å². The summed E-state index contributed by atoms with van der Waals surface area (Å²) in [5.41, 5.74) is 6.53. The Morgan fingerprint density at radius 3 is 2.17 bits per heavy atom. The number of hydrogen-bond acceptors (Lipinski definition) is 5. The maximum atomic E-state index is 13.9. The number of unbranched alkanes of at least 4 members (excludes halogenated alkanes) is 1. The standard InChI is InChI=1S/C27H44N4O5/c1-10-11-14-31(24(34)20(16-21(28)32)29-25(35)36-27(7,8)9)22(23(33)30-26(4,5)6)19-15-17(2)12-13-18(19)3/h12-13,15,20,22H,10-11,14,16H2,1-9H3,(H2,28,32)(H,29,35)(H,30,33). The van der Waals surface area contributed by atoms with Crippen LogP contribution in [0.4, 0.5) is 4.79 Å². The number of carbonyl (C=O) groups is 4. The number of aryl methyl sites for hydroxylation is 2. The van der Waals surface area contributed by atoms with Gasteiger partial charge in [0.05, 0.1) is 6.42 Å². The van der Waals surface area contributed by atoms with Crippen molar-refractivity contribution in [1.82, 2.24) is 15.5 Å². The fourth-order valence-electron chi connectivity index (χ4n) is 3.69. The van der Waals surface area contributed by atoms with E-state index >= 15 is 0 Å². The summed E-state index contributed by atoms with van der Waals surface area (Å²) in [6, 6.07) is 3.47. The number of carbonyl (C=O) groups excluding carboxylic acids is 4. The number of hydrogen-bond donors (Lipinski definition) is 3. The van der Waals surface area contributed by atoms with Gasteiger partial charge in [0, 0.05) is 12.1 Å². The Kier molecular flexibility index (Phi) is 10.9. The number of nitrogens with one attached hydrogen (secondary N) is 2. The highest BCUT2D eigenvalue weighted by molar-refractivity contribution is 5.94. The lowest BCUT2D eigenvalue weighted by atomic mass is 9.94. The fourth-order valence-corrected chi connectivity index (χ4v) is 3.69. The molecule has 1 aromatic carbocycles. The summed E-state index contributed by atoms with van der Waals surface area (Å²) in [5, 5.41) is 5.49. The van der Waals surface area contributed by atoms with Crippen molar-refractivity contribution < 1.29 is 23.9 Å². The van der Waals surface area contributed by atoms with Gasteiger partial charge in [-0.15, -0.1) is 0 Å². The molecular formula is C27H44N4O5. The number of primary amides is 1. The molecule has 0 saturated heterocycles. The van der Waals surface area contributed by atoms with E-state index in [9.17, 15) is 19.2 Å². The first-order chi connectivity index (χ1) is 16.4. The molecule has 0 aromatic heterocycles. The minimum absolute atomic E-state index is 0.246. The maximum Gasteiger partial charge on any atom is 0.408 e. The van der Waals surface area contributed by atoms with E-state index in [1.165, 1.54) is 4.90 Å². The van der Waals surface area contributed by atoms with Crippen LogP contribution < -0.4 is 16.4 Å². The summed E-state index contributed by atoms with van der Waals surface area (Å²) in [5.74, 6) is -1.69. The first-order valence-corrected chi connectivity index (χ1v) is 12.4. The molecule has 0 spiro atoms. The van der Waals surface area contributed by atoms with Crippen LogP contribution in [0.15, 0.2) is 18.2 Å². The van der Waals surface area contributed by atoms with Crippen LogP contribution in [0, 0.1) is 13.8 Å². The average molecular weight is 505 g/mol. The Balaban J connectivity index is 3.60. The van der Waals surface area contributed by atoms with Gasteiger partial charge < -0.3 is 26.0 Å². The van der Waals surface area contributed by atoms with Crippen LogP contribution in [0.5, 0.6) is 0 Å². The minimum atomic E-state index is -1.29. The van der Waals surface area contributed by atoms with Crippen LogP contribution in [0.1, 0.15) is 90.5 Å². The van der Waals surface area contributed by atoms with Crippen molar-refractivity contribution in [3.63, 3.8) is 0 Å². The van der Waals surface area contributed by atoms with Gasteiger partial charge in [0.25, 0.3) is 0 Å². The van der Waals surface area contributed by atoms with Crippen molar-refractivity contribution >= 4 is 23.8 Å². The first-order valence-electron chi connectivity index (χ1n) is 12.4. The normalized spacial score (nSPS) is 13.4. The lowest BCUT2D eigenvalue weighted by Gasteiger charge is -2.36. The molecule has 0 aliphatic heterocycles. The molecule has 0 saturated carbocycles. The van der Waals surface area contributed by atoms with Crippen molar-refractivity contribution in [1.29, 1.82) is 0 Å². The van der Waals surface area contributed by atoms with E-state index in [0.29, 0.717) is 12.0 Å². The number of alkyl carbamates (subject to hydrolysis) is 1. The number of nitrogens with two attached hydrogens (primary N) is 1. The van der Waals surface area contributed by atoms with E-state index in [1.54, 1.807) is 20.8 Å². The second kappa shape index (κ2) is 12.7. The lowest BCUT2D eigenvalue weighted by molar-refractivity contribution is -0.144. The molecule has 2 atom stereocenters. The Hall–Kier alpha value is -3.10. The molecule has 0 bridgehead atoms. The van der Waals surface area contributed by atoms with Crippen LogP contribution >= 0.6 is 0 Å². The summed E-state index contributed by atoms with van der Waals surface area (Å²) in [7, 11) is 0. The van der Waals surface area contributed by atoms with Gasteiger partial charge in [-0.2, -0.15) is 0 Å². The number of rotatable bonds is 10. The third-order valence-electron chi connectivity index (χ3n) is 5.22.